The summed E-state index contributed by atoms with van der Waals surface area (Å²) < 4.78 is 41.2. The maximum Gasteiger partial charge on any atom is 0.244 e. The fourth-order valence-corrected chi connectivity index (χ4v) is 5.89. The molecule has 0 heterocycles. The van der Waals surface area contributed by atoms with Crippen LogP contribution in [0, 0.1) is 0 Å². The average molecular weight is 618 g/mol. The Morgan fingerprint density at radius 1 is 0.848 bits per heavy atom. The number of likely N-dealkylation sites (N-methyl/N-ethyl adjacent to an activating group) is 1. The molecule has 0 spiro atoms. The van der Waals surface area contributed by atoms with E-state index in [1.807, 2.05) is 48.5 Å². The number of methoxy groups -OCH3 is 2. The van der Waals surface area contributed by atoms with Crippen LogP contribution in [-0.2, 0) is 22.9 Å². The standard InChI is InChI=1S/C24H24Br2ClNO4S/c1-28(33(29,30)24-15-23(32-3)22(31-2)14-21(24)27)20(12-16-4-8-18(25)9-5-16)13-17-6-10-19(26)11-7-17/h4-11,14-15,20H,12-13H2,1-3H3. The van der Waals surface area contributed by atoms with E-state index in [1.54, 1.807) is 7.05 Å². The van der Waals surface area contributed by atoms with E-state index >= 15 is 0 Å². The molecule has 33 heavy (non-hydrogen) atoms. The van der Waals surface area contributed by atoms with E-state index < -0.39 is 10.0 Å². The lowest BCUT2D eigenvalue weighted by Crippen LogP contribution is -2.40. The van der Waals surface area contributed by atoms with E-state index in [2.05, 4.69) is 31.9 Å². The summed E-state index contributed by atoms with van der Waals surface area (Å²) in [5.74, 6) is 0.664. The van der Waals surface area contributed by atoms with Gasteiger partial charge in [-0.05, 0) is 48.2 Å². The van der Waals surface area contributed by atoms with Gasteiger partial charge >= 0.3 is 0 Å². The maximum absolute atomic E-state index is 13.7. The first-order chi connectivity index (χ1) is 15.6. The number of hydrogen-bond donors (Lipinski definition) is 0. The van der Waals surface area contributed by atoms with Crippen LogP contribution in [0.15, 0.2) is 74.5 Å². The summed E-state index contributed by atoms with van der Waals surface area (Å²) in [4.78, 5) is -0.0269. The Labute approximate surface area is 217 Å². The van der Waals surface area contributed by atoms with Crippen molar-refractivity contribution in [3.05, 3.63) is 85.8 Å². The molecule has 0 unspecified atom stereocenters. The Morgan fingerprint density at radius 3 is 1.70 bits per heavy atom. The van der Waals surface area contributed by atoms with Crippen LogP contribution in [0.5, 0.6) is 11.5 Å². The SMILES string of the molecule is COc1cc(Cl)c(S(=O)(=O)N(C)C(Cc2ccc(Br)cc2)Cc2ccc(Br)cc2)cc1OC. The smallest absolute Gasteiger partial charge is 0.244 e. The number of halogens is 3. The fourth-order valence-electron chi connectivity index (χ4n) is 3.50. The molecule has 0 aliphatic rings. The molecule has 3 rings (SSSR count). The molecule has 176 valence electrons. The van der Waals surface area contributed by atoms with Crippen molar-refractivity contribution in [1.82, 2.24) is 4.31 Å². The third-order valence-corrected chi connectivity index (χ3v) is 8.81. The number of sulfonamides is 1. The molecule has 3 aromatic rings. The Balaban J connectivity index is 2.00. The first kappa shape index (κ1) is 26.0. The van der Waals surface area contributed by atoms with E-state index in [0.717, 1.165) is 20.1 Å². The van der Waals surface area contributed by atoms with E-state index in [-0.39, 0.29) is 16.0 Å². The first-order valence-corrected chi connectivity index (χ1v) is 13.4. The van der Waals surface area contributed by atoms with Gasteiger partial charge in [0.05, 0.1) is 19.2 Å². The second kappa shape index (κ2) is 11.2. The Kier molecular flexibility index (Phi) is 8.86. The number of hydrogen-bond acceptors (Lipinski definition) is 4. The maximum atomic E-state index is 13.7. The normalized spacial score (nSPS) is 11.8. The van der Waals surface area contributed by atoms with E-state index in [4.69, 9.17) is 21.1 Å². The Morgan fingerprint density at radius 2 is 1.27 bits per heavy atom. The van der Waals surface area contributed by atoms with Gasteiger partial charge in [0.2, 0.25) is 10.0 Å². The van der Waals surface area contributed by atoms with Gasteiger partial charge in [0.15, 0.2) is 11.5 Å². The molecule has 0 N–H and O–H groups in total. The molecule has 0 aliphatic heterocycles. The number of ether oxygens (including phenoxy) is 2. The largest absolute Gasteiger partial charge is 0.493 e. The summed E-state index contributed by atoms with van der Waals surface area (Å²) in [6, 6.07) is 18.3. The van der Waals surface area contributed by atoms with Gasteiger partial charge in [-0.3, -0.25) is 0 Å². The van der Waals surface area contributed by atoms with Gasteiger partial charge < -0.3 is 9.47 Å². The molecule has 0 bridgehead atoms. The highest BCUT2D eigenvalue weighted by Gasteiger charge is 2.31. The molecule has 0 amide bonds. The van der Waals surface area contributed by atoms with Crippen molar-refractivity contribution in [2.45, 2.75) is 23.8 Å². The zero-order valence-corrected chi connectivity index (χ0v) is 23.1. The molecule has 5 nitrogen and oxygen atoms in total. The predicted molar refractivity (Wildman–Crippen MR) is 139 cm³/mol. The summed E-state index contributed by atoms with van der Waals surface area (Å²) in [7, 11) is 0.580. The average Bonchev–Trinajstić information content (AvgIpc) is 2.80. The second-order valence-corrected chi connectivity index (χ2v) is 11.7. The minimum absolute atomic E-state index is 0.0269. The number of benzene rings is 3. The van der Waals surface area contributed by atoms with Crippen LogP contribution in [0.2, 0.25) is 5.02 Å². The van der Waals surface area contributed by atoms with Crippen LogP contribution in [0.3, 0.4) is 0 Å². The molecule has 0 saturated heterocycles. The molecule has 3 aromatic carbocycles. The van der Waals surface area contributed by atoms with Gasteiger partial charge in [-0.1, -0.05) is 67.7 Å². The topological polar surface area (TPSA) is 55.8 Å². The third kappa shape index (κ3) is 6.31. The van der Waals surface area contributed by atoms with Gasteiger partial charge in [-0.2, -0.15) is 4.31 Å². The minimum Gasteiger partial charge on any atom is -0.493 e. The highest BCUT2D eigenvalue weighted by molar-refractivity contribution is 9.10. The summed E-state index contributed by atoms with van der Waals surface area (Å²) in [5.41, 5.74) is 2.06. The first-order valence-electron chi connectivity index (χ1n) is 10.0. The molecule has 0 aliphatic carbocycles. The summed E-state index contributed by atoms with van der Waals surface area (Å²) in [6.07, 6.45) is 1.06. The van der Waals surface area contributed by atoms with Crippen LogP contribution < -0.4 is 9.47 Å². The van der Waals surface area contributed by atoms with Crippen LogP contribution >= 0.6 is 43.5 Å². The number of rotatable bonds is 9. The van der Waals surface area contributed by atoms with E-state index in [9.17, 15) is 8.42 Å². The van der Waals surface area contributed by atoms with E-state index in [1.165, 1.54) is 30.7 Å². The Hall–Kier alpha value is -1.58. The quantitative estimate of drug-likeness (QED) is 0.281. The van der Waals surface area contributed by atoms with Gasteiger partial charge in [0.25, 0.3) is 0 Å². The lowest BCUT2D eigenvalue weighted by atomic mass is 9.99. The van der Waals surface area contributed by atoms with Crippen molar-refractivity contribution in [2.24, 2.45) is 0 Å². The number of nitrogens with zero attached hydrogens (tertiary/aromatic N) is 1. The van der Waals surface area contributed by atoms with Crippen molar-refractivity contribution in [2.75, 3.05) is 21.3 Å². The lowest BCUT2D eigenvalue weighted by Gasteiger charge is -2.28. The summed E-state index contributed by atoms with van der Waals surface area (Å²) in [5, 5.41) is 0.0746. The molecular weight excluding hydrogens is 594 g/mol. The highest BCUT2D eigenvalue weighted by Crippen LogP contribution is 2.37. The molecule has 0 aromatic heterocycles. The molecular formula is C24H24Br2ClNO4S. The van der Waals surface area contributed by atoms with Crippen LogP contribution in [-0.4, -0.2) is 40.0 Å². The van der Waals surface area contributed by atoms with Crippen LogP contribution in [0.1, 0.15) is 11.1 Å². The van der Waals surface area contributed by atoms with Gasteiger partial charge in [0.1, 0.15) is 4.90 Å². The summed E-state index contributed by atoms with van der Waals surface area (Å²) >= 11 is 13.3. The van der Waals surface area contributed by atoms with Crippen LogP contribution in [0.4, 0.5) is 0 Å². The molecule has 0 saturated carbocycles. The van der Waals surface area contributed by atoms with E-state index in [0.29, 0.717) is 24.3 Å². The highest BCUT2D eigenvalue weighted by atomic mass is 79.9. The second-order valence-electron chi connectivity index (χ2n) is 7.47. The third-order valence-electron chi connectivity index (χ3n) is 5.38. The van der Waals surface area contributed by atoms with Crippen molar-refractivity contribution < 1.29 is 17.9 Å². The minimum atomic E-state index is -3.94. The lowest BCUT2D eigenvalue weighted by molar-refractivity contribution is 0.351. The fraction of sp³-hybridized carbons (Fsp3) is 0.250. The van der Waals surface area contributed by atoms with Crippen LogP contribution in [0.25, 0.3) is 0 Å². The molecule has 0 fully saturated rings. The zero-order chi connectivity index (χ0) is 24.2. The molecule has 0 radical (unpaired) electrons. The van der Waals surface area contributed by atoms with Crippen molar-refractivity contribution >= 4 is 53.5 Å². The van der Waals surface area contributed by atoms with Gasteiger partial charge in [-0.15, -0.1) is 0 Å². The molecule has 0 atom stereocenters. The van der Waals surface area contributed by atoms with Crippen molar-refractivity contribution in [1.29, 1.82) is 0 Å². The van der Waals surface area contributed by atoms with Crippen molar-refractivity contribution in [3.8, 4) is 11.5 Å². The monoisotopic (exact) mass is 615 g/mol. The Bertz CT molecular complexity index is 1150. The summed E-state index contributed by atoms with van der Waals surface area (Å²) in [6.45, 7) is 0. The van der Waals surface area contributed by atoms with Gasteiger partial charge in [0, 0.05) is 34.2 Å². The molecule has 9 heteroatoms. The zero-order valence-electron chi connectivity index (χ0n) is 18.4. The van der Waals surface area contributed by atoms with Gasteiger partial charge in [-0.25, -0.2) is 8.42 Å². The van der Waals surface area contributed by atoms with Crippen molar-refractivity contribution in [3.63, 3.8) is 0 Å². The predicted octanol–water partition coefficient (Wildman–Crippen LogP) is 6.36.